The Labute approximate surface area is 251 Å². The second kappa shape index (κ2) is 14.2. The lowest BCUT2D eigenvalue weighted by Crippen LogP contribution is -2.53. The van der Waals surface area contributed by atoms with Crippen molar-refractivity contribution in [2.45, 2.75) is 64.1 Å². The fourth-order valence-electron chi connectivity index (χ4n) is 4.19. The summed E-state index contributed by atoms with van der Waals surface area (Å²) in [5, 5.41) is 3.51. The van der Waals surface area contributed by atoms with Crippen LogP contribution in [0.15, 0.2) is 71.6 Å². The Hall–Kier alpha value is -3.14. The van der Waals surface area contributed by atoms with Gasteiger partial charge in [0.15, 0.2) is 0 Å². The van der Waals surface area contributed by atoms with Crippen LogP contribution in [0.1, 0.15) is 44.7 Å². The van der Waals surface area contributed by atoms with Gasteiger partial charge in [-0.25, -0.2) is 12.8 Å². The Kier molecular flexibility index (Phi) is 11.2. The van der Waals surface area contributed by atoms with Crippen LogP contribution in [-0.2, 0) is 26.2 Å². The molecule has 3 rings (SSSR count). The number of anilines is 1. The van der Waals surface area contributed by atoms with Gasteiger partial charge in [0.2, 0.25) is 11.8 Å². The van der Waals surface area contributed by atoms with Crippen LogP contribution in [0.25, 0.3) is 0 Å². The van der Waals surface area contributed by atoms with E-state index in [9.17, 15) is 22.4 Å². The van der Waals surface area contributed by atoms with E-state index in [2.05, 4.69) is 5.32 Å². The number of benzene rings is 3. The average Bonchev–Trinajstić information content (AvgIpc) is 2.93. The maximum atomic E-state index is 14.1. The molecule has 0 aliphatic carbocycles. The van der Waals surface area contributed by atoms with Crippen molar-refractivity contribution in [3.63, 3.8) is 0 Å². The summed E-state index contributed by atoms with van der Waals surface area (Å²) in [6.07, 6.45) is 0.928. The predicted octanol–water partition coefficient (Wildman–Crippen LogP) is 6.36. The summed E-state index contributed by atoms with van der Waals surface area (Å²) < 4.78 is 42.4. The Bertz CT molecular complexity index is 1450. The zero-order chi connectivity index (χ0) is 30.3. The van der Waals surface area contributed by atoms with Crippen LogP contribution in [-0.4, -0.2) is 43.8 Å². The molecule has 1 N–H and O–H groups in total. The molecule has 3 aromatic carbocycles. The normalized spacial score (nSPS) is 12.9. The number of hydrogen-bond acceptors (Lipinski definition) is 4. The fraction of sp³-hybridized carbons (Fsp3) is 0.333. The van der Waals surface area contributed by atoms with E-state index < -0.39 is 34.3 Å². The molecule has 41 heavy (non-hydrogen) atoms. The van der Waals surface area contributed by atoms with Gasteiger partial charge in [-0.2, -0.15) is 0 Å². The van der Waals surface area contributed by atoms with Gasteiger partial charge >= 0.3 is 0 Å². The Balaban J connectivity index is 2.09. The highest BCUT2D eigenvalue weighted by atomic mass is 35.5. The van der Waals surface area contributed by atoms with Crippen LogP contribution in [0.4, 0.5) is 10.1 Å². The first-order valence-electron chi connectivity index (χ1n) is 13.3. The van der Waals surface area contributed by atoms with Gasteiger partial charge in [0, 0.05) is 28.2 Å². The summed E-state index contributed by atoms with van der Waals surface area (Å²) in [6.45, 7) is 6.57. The molecule has 11 heteroatoms. The molecule has 0 aromatic heterocycles. The van der Waals surface area contributed by atoms with Crippen molar-refractivity contribution in [2.75, 3.05) is 10.8 Å². The zero-order valence-electron chi connectivity index (χ0n) is 23.4. The number of nitrogens with one attached hydrogen (secondary N) is 1. The third-order valence-electron chi connectivity index (χ3n) is 6.78. The lowest BCUT2D eigenvalue weighted by molar-refractivity contribution is -0.140. The molecule has 0 radical (unpaired) electrons. The van der Waals surface area contributed by atoms with Crippen LogP contribution in [0.5, 0.6) is 0 Å². The van der Waals surface area contributed by atoms with E-state index in [-0.39, 0.29) is 35.5 Å². The van der Waals surface area contributed by atoms with E-state index in [0.717, 1.165) is 22.0 Å². The number of hydrogen-bond donors (Lipinski definition) is 1. The summed E-state index contributed by atoms with van der Waals surface area (Å²) in [6, 6.07) is 14.8. The smallest absolute Gasteiger partial charge is 0.264 e. The zero-order valence-corrected chi connectivity index (χ0v) is 25.7. The summed E-state index contributed by atoms with van der Waals surface area (Å²) in [5.74, 6) is -1.60. The lowest BCUT2D eigenvalue weighted by Gasteiger charge is -2.34. The van der Waals surface area contributed by atoms with Crippen molar-refractivity contribution in [3.8, 4) is 0 Å². The minimum atomic E-state index is -4.27. The van der Waals surface area contributed by atoms with E-state index in [1.807, 2.05) is 20.8 Å². The largest absolute Gasteiger partial charge is 0.352 e. The molecule has 0 saturated heterocycles. The van der Waals surface area contributed by atoms with E-state index >= 15 is 0 Å². The molecule has 2 amide bonds. The van der Waals surface area contributed by atoms with Crippen molar-refractivity contribution in [2.24, 2.45) is 0 Å². The number of amides is 2. The molecule has 3 aromatic rings. The van der Waals surface area contributed by atoms with Gasteiger partial charge in [-0.1, -0.05) is 60.8 Å². The van der Waals surface area contributed by atoms with Crippen molar-refractivity contribution < 1.29 is 22.4 Å². The van der Waals surface area contributed by atoms with Gasteiger partial charge in [-0.3, -0.25) is 13.9 Å². The first-order valence-corrected chi connectivity index (χ1v) is 15.5. The number of carbonyl (C=O) groups excluding carboxylic acids is 2. The quantitative estimate of drug-likeness (QED) is 0.255. The fourth-order valence-corrected chi connectivity index (χ4v) is 6.12. The monoisotopic (exact) mass is 621 g/mol. The molecule has 0 aliphatic heterocycles. The molecule has 220 valence electrons. The maximum Gasteiger partial charge on any atom is 0.264 e. The lowest BCUT2D eigenvalue weighted by atomic mass is 10.1. The third kappa shape index (κ3) is 7.99. The van der Waals surface area contributed by atoms with Crippen molar-refractivity contribution in [3.05, 3.63) is 93.7 Å². The molecule has 0 heterocycles. The van der Waals surface area contributed by atoms with E-state index in [1.165, 1.54) is 29.2 Å². The second-order valence-corrected chi connectivity index (χ2v) is 12.4. The standard InChI is InChI=1S/C30H34Cl2FN3O4S/c1-5-21(4)34-30(38)28(6-2)35(18-25-26(31)8-7-9-27(25)32)29(37)19-36(23-14-12-22(33)13-15-23)41(39,40)24-16-10-20(3)11-17-24/h7-17,21,28H,5-6,18-19H2,1-4H3,(H,34,38). The minimum Gasteiger partial charge on any atom is -0.352 e. The maximum absolute atomic E-state index is 14.1. The predicted molar refractivity (Wildman–Crippen MR) is 161 cm³/mol. The number of sulfonamides is 1. The van der Waals surface area contributed by atoms with Crippen molar-refractivity contribution in [1.82, 2.24) is 10.2 Å². The van der Waals surface area contributed by atoms with E-state index in [1.54, 1.807) is 37.3 Å². The van der Waals surface area contributed by atoms with Gasteiger partial charge in [-0.05, 0) is 75.2 Å². The SMILES string of the molecule is CCC(C)NC(=O)C(CC)N(Cc1c(Cl)cccc1Cl)C(=O)CN(c1ccc(F)cc1)S(=O)(=O)c1ccc(C)cc1. The molecule has 0 bridgehead atoms. The first kappa shape index (κ1) is 32.4. The van der Waals surface area contributed by atoms with Gasteiger partial charge in [0.05, 0.1) is 10.6 Å². The molecule has 0 aliphatic rings. The van der Waals surface area contributed by atoms with Crippen LogP contribution < -0.4 is 9.62 Å². The summed E-state index contributed by atoms with van der Waals surface area (Å²) in [5.41, 5.74) is 1.37. The number of carbonyl (C=O) groups is 2. The van der Waals surface area contributed by atoms with Gasteiger partial charge in [0.1, 0.15) is 18.4 Å². The van der Waals surface area contributed by atoms with Crippen LogP contribution >= 0.6 is 23.2 Å². The van der Waals surface area contributed by atoms with Gasteiger partial charge < -0.3 is 10.2 Å². The van der Waals surface area contributed by atoms with Gasteiger partial charge in [0.25, 0.3) is 10.0 Å². The molecule has 0 spiro atoms. The summed E-state index contributed by atoms with van der Waals surface area (Å²) in [7, 11) is -4.27. The Morgan fingerprint density at radius 2 is 1.51 bits per heavy atom. The summed E-state index contributed by atoms with van der Waals surface area (Å²) in [4.78, 5) is 28.7. The van der Waals surface area contributed by atoms with E-state index in [0.29, 0.717) is 22.0 Å². The topological polar surface area (TPSA) is 86.8 Å². The minimum absolute atomic E-state index is 0.0394. The number of aryl methyl sites for hydroxylation is 1. The van der Waals surface area contributed by atoms with Crippen molar-refractivity contribution >= 4 is 50.7 Å². The highest BCUT2D eigenvalue weighted by Crippen LogP contribution is 2.29. The second-order valence-electron chi connectivity index (χ2n) is 9.76. The highest BCUT2D eigenvalue weighted by Gasteiger charge is 2.34. The molecule has 0 fully saturated rings. The Morgan fingerprint density at radius 1 is 0.927 bits per heavy atom. The number of nitrogens with zero attached hydrogens (tertiary/aromatic N) is 2. The number of rotatable bonds is 12. The molecule has 2 atom stereocenters. The van der Waals surface area contributed by atoms with Crippen LogP contribution in [0.3, 0.4) is 0 Å². The van der Waals surface area contributed by atoms with Crippen LogP contribution in [0.2, 0.25) is 10.0 Å². The highest BCUT2D eigenvalue weighted by molar-refractivity contribution is 7.92. The average molecular weight is 623 g/mol. The first-order chi connectivity index (χ1) is 19.4. The Morgan fingerprint density at radius 3 is 2.05 bits per heavy atom. The van der Waals surface area contributed by atoms with Crippen LogP contribution in [0, 0.1) is 12.7 Å². The van der Waals surface area contributed by atoms with Crippen molar-refractivity contribution in [1.29, 1.82) is 0 Å². The van der Waals surface area contributed by atoms with E-state index in [4.69, 9.17) is 23.2 Å². The molecule has 2 unspecified atom stereocenters. The summed E-state index contributed by atoms with van der Waals surface area (Å²) >= 11 is 12.9. The third-order valence-corrected chi connectivity index (χ3v) is 9.28. The molecule has 0 saturated carbocycles. The number of halogens is 3. The molecule has 7 nitrogen and oxygen atoms in total. The molecular weight excluding hydrogens is 588 g/mol. The molecular formula is C30H34Cl2FN3O4S. The van der Waals surface area contributed by atoms with Gasteiger partial charge in [-0.15, -0.1) is 0 Å².